The topological polar surface area (TPSA) is 41.5 Å². The van der Waals surface area contributed by atoms with Crippen LogP contribution in [-0.4, -0.2) is 49.4 Å². The van der Waals surface area contributed by atoms with Gasteiger partial charge >= 0.3 is 0 Å². The summed E-state index contributed by atoms with van der Waals surface area (Å²) in [4.78, 5) is 13.7. The zero-order chi connectivity index (χ0) is 15.5. The molecule has 3 unspecified atom stereocenters. The Morgan fingerprint density at radius 2 is 1.77 bits per heavy atom. The molecule has 0 amide bonds. The maximum Gasteiger partial charge on any atom is 0.134 e. The van der Waals surface area contributed by atoms with Gasteiger partial charge in [0, 0.05) is 39.4 Å². The van der Waals surface area contributed by atoms with E-state index in [4.69, 9.17) is 4.74 Å². The van der Waals surface area contributed by atoms with Crippen molar-refractivity contribution in [2.75, 3.05) is 43.1 Å². The SMILES string of the molecule is COC1CN(c2cc(N3CCCC(C)C3)ncn2)CCC1C. The summed E-state index contributed by atoms with van der Waals surface area (Å²) in [6.45, 7) is 8.78. The number of hydrogen-bond acceptors (Lipinski definition) is 5. The van der Waals surface area contributed by atoms with Crippen LogP contribution in [-0.2, 0) is 4.74 Å². The van der Waals surface area contributed by atoms with Crippen molar-refractivity contribution in [3.05, 3.63) is 12.4 Å². The molecule has 0 N–H and O–H groups in total. The van der Waals surface area contributed by atoms with E-state index in [0.29, 0.717) is 12.0 Å². The maximum atomic E-state index is 5.62. The van der Waals surface area contributed by atoms with Gasteiger partial charge in [-0.25, -0.2) is 9.97 Å². The summed E-state index contributed by atoms with van der Waals surface area (Å²) in [6, 6.07) is 2.15. The van der Waals surface area contributed by atoms with Crippen molar-refractivity contribution in [2.45, 2.75) is 39.2 Å². The summed E-state index contributed by atoms with van der Waals surface area (Å²) in [5.74, 6) is 3.48. The molecule has 1 aromatic heterocycles. The largest absolute Gasteiger partial charge is 0.379 e. The quantitative estimate of drug-likeness (QED) is 0.858. The van der Waals surface area contributed by atoms with Crippen LogP contribution < -0.4 is 9.80 Å². The normalized spacial score (nSPS) is 29.7. The zero-order valence-electron chi connectivity index (χ0n) is 14.0. The van der Waals surface area contributed by atoms with Crippen LogP contribution in [0.15, 0.2) is 12.4 Å². The Bertz CT molecular complexity index is 495. The van der Waals surface area contributed by atoms with E-state index in [1.807, 2.05) is 7.11 Å². The van der Waals surface area contributed by atoms with Crippen LogP contribution in [0.4, 0.5) is 11.6 Å². The van der Waals surface area contributed by atoms with E-state index in [9.17, 15) is 0 Å². The monoisotopic (exact) mass is 304 g/mol. The molecule has 3 rings (SSSR count). The van der Waals surface area contributed by atoms with Crippen molar-refractivity contribution in [3.63, 3.8) is 0 Å². The molecule has 0 aliphatic carbocycles. The number of ether oxygens (including phenoxy) is 1. The minimum Gasteiger partial charge on any atom is -0.379 e. The number of rotatable bonds is 3. The van der Waals surface area contributed by atoms with Crippen LogP contribution in [0.3, 0.4) is 0 Å². The summed E-state index contributed by atoms with van der Waals surface area (Å²) in [5, 5.41) is 0. The Morgan fingerprint density at radius 1 is 1.05 bits per heavy atom. The third kappa shape index (κ3) is 3.35. The first kappa shape index (κ1) is 15.5. The van der Waals surface area contributed by atoms with Crippen molar-refractivity contribution in [1.82, 2.24) is 9.97 Å². The smallest absolute Gasteiger partial charge is 0.134 e. The van der Waals surface area contributed by atoms with E-state index in [0.717, 1.165) is 50.2 Å². The molecular weight excluding hydrogens is 276 g/mol. The van der Waals surface area contributed by atoms with E-state index >= 15 is 0 Å². The number of nitrogens with zero attached hydrogens (tertiary/aromatic N) is 4. The molecule has 22 heavy (non-hydrogen) atoms. The van der Waals surface area contributed by atoms with Crippen molar-refractivity contribution in [1.29, 1.82) is 0 Å². The first-order valence-electron chi connectivity index (χ1n) is 8.52. The summed E-state index contributed by atoms with van der Waals surface area (Å²) in [7, 11) is 1.81. The van der Waals surface area contributed by atoms with Crippen molar-refractivity contribution in [2.24, 2.45) is 11.8 Å². The van der Waals surface area contributed by atoms with Gasteiger partial charge in [-0.1, -0.05) is 13.8 Å². The average Bonchev–Trinajstić information content (AvgIpc) is 2.55. The summed E-state index contributed by atoms with van der Waals surface area (Å²) in [5.41, 5.74) is 0. The fourth-order valence-corrected chi connectivity index (χ4v) is 3.63. The first-order valence-corrected chi connectivity index (χ1v) is 8.52. The minimum absolute atomic E-state index is 0.294. The van der Waals surface area contributed by atoms with Crippen LogP contribution in [0.5, 0.6) is 0 Å². The third-order valence-corrected chi connectivity index (χ3v) is 5.14. The van der Waals surface area contributed by atoms with Gasteiger partial charge in [-0.15, -0.1) is 0 Å². The van der Waals surface area contributed by atoms with Crippen LogP contribution >= 0.6 is 0 Å². The van der Waals surface area contributed by atoms with Gasteiger partial charge in [-0.2, -0.15) is 0 Å². The second kappa shape index (κ2) is 6.82. The Labute approximate surface area is 133 Å². The van der Waals surface area contributed by atoms with E-state index < -0.39 is 0 Å². The molecule has 2 fully saturated rings. The lowest BCUT2D eigenvalue weighted by Crippen LogP contribution is -2.44. The van der Waals surface area contributed by atoms with Gasteiger partial charge in [0.2, 0.25) is 0 Å². The van der Waals surface area contributed by atoms with Gasteiger partial charge in [-0.05, 0) is 31.1 Å². The molecule has 3 heterocycles. The molecule has 0 saturated carbocycles. The maximum absolute atomic E-state index is 5.62. The molecule has 1 aromatic rings. The molecule has 0 aromatic carbocycles. The second-order valence-electron chi connectivity index (χ2n) is 6.91. The van der Waals surface area contributed by atoms with E-state index in [1.54, 1.807) is 6.33 Å². The number of piperidine rings is 2. The molecule has 2 saturated heterocycles. The Morgan fingerprint density at radius 3 is 2.45 bits per heavy atom. The van der Waals surface area contributed by atoms with Gasteiger partial charge in [-0.3, -0.25) is 0 Å². The highest BCUT2D eigenvalue weighted by molar-refractivity contribution is 5.50. The van der Waals surface area contributed by atoms with Crippen molar-refractivity contribution >= 4 is 11.6 Å². The number of methoxy groups -OCH3 is 1. The van der Waals surface area contributed by atoms with E-state index in [-0.39, 0.29) is 0 Å². The van der Waals surface area contributed by atoms with Gasteiger partial charge in [0.25, 0.3) is 0 Å². The number of anilines is 2. The molecule has 2 aliphatic heterocycles. The molecule has 2 aliphatic rings. The lowest BCUT2D eigenvalue weighted by Gasteiger charge is -2.37. The highest BCUT2D eigenvalue weighted by atomic mass is 16.5. The van der Waals surface area contributed by atoms with Gasteiger partial charge < -0.3 is 14.5 Å². The molecule has 0 radical (unpaired) electrons. The Hall–Kier alpha value is -1.36. The predicted molar refractivity (Wildman–Crippen MR) is 89.4 cm³/mol. The third-order valence-electron chi connectivity index (χ3n) is 5.14. The minimum atomic E-state index is 0.294. The van der Waals surface area contributed by atoms with Crippen LogP contribution in [0.1, 0.15) is 33.1 Å². The summed E-state index contributed by atoms with van der Waals surface area (Å²) < 4.78 is 5.62. The summed E-state index contributed by atoms with van der Waals surface area (Å²) in [6.07, 6.45) is 5.74. The lowest BCUT2D eigenvalue weighted by molar-refractivity contribution is 0.0496. The van der Waals surface area contributed by atoms with Crippen LogP contribution in [0, 0.1) is 11.8 Å². The molecule has 5 heteroatoms. The molecule has 3 atom stereocenters. The fourth-order valence-electron chi connectivity index (χ4n) is 3.63. The molecule has 122 valence electrons. The fraction of sp³-hybridized carbons (Fsp3) is 0.765. The van der Waals surface area contributed by atoms with Crippen LogP contribution in [0.25, 0.3) is 0 Å². The van der Waals surface area contributed by atoms with Gasteiger partial charge in [0.05, 0.1) is 6.10 Å². The molecule has 0 spiro atoms. The zero-order valence-corrected chi connectivity index (χ0v) is 14.0. The van der Waals surface area contributed by atoms with Crippen molar-refractivity contribution < 1.29 is 4.74 Å². The number of aromatic nitrogens is 2. The van der Waals surface area contributed by atoms with E-state index in [1.165, 1.54) is 12.8 Å². The van der Waals surface area contributed by atoms with Gasteiger partial charge in [0.1, 0.15) is 18.0 Å². The predicted octanol–water partition coefficient (Wildman–Crippen LogP) is 2.57. The molecular formula is C17H28N4O. The van der Waals surface area contributed by atoms with Crippen LogP contribution in [0.2, 0.25) is 0 Å². The Kier molecular flexibility index (Phi) is 4.81. The standard InChI is InChI=1S/C17H28N4O/c1-13-5-4-7-20(10-13)16-9-17(19-12-18-16)21-8-6-14(2)15(11-21)22-3/h9,12-15H,4-8,10-11H2,1-3H3. The van der Waals surface area contributed by atoms with Gasteiger partial charge in [0.15, 0.2) is 0 Å². The van der Waals surface area contributed by atoms with Crippen molar-refractivity contribution in [3.8, 4) is 0 Å². The lowest BCUT2D eigenvalue weighted by atomic mass is 9.96. The average molecular weight is 304 g/mol. The highest BCUT2D eigenvalue weighted by Gasteiger charge is 2.27. The molecule has 5 nitrogen and oxygen atoms in total. The molecule has 0 bridgehead atoms. The first-order chi connectivity index (χ1) is 10.7. The van der Waals surface area contributed by atoms with E-state index in [2.05, 4.69) is 39.7 Å². The number of hydrogen-bond donors (Lipinski definition) is 0. The summed E-state index contributed by atoms with van der Waals surface area (Å²) >= 11 is 0. The highest BCUT2D eigenvalue weighted by Crippen LogP contribution is 2.27. The Balaban J connectivity index is 1.73. The second-order valence-corrected chi connectivity index (χ2v) is 6.91.